The number of aliphatic hydroxyl groups is 1. The first-order chi connectivity index (χ1) is 13.7. The highest BCUT2D eigenvalue weighted by molar-refractivity contribution is 7.92. The summed E-state index contributed by atoms with van der Waals surface area (Å²) in [4.78, 5) is 11.8. The van der Waals surface area contributed by atoms with Crippen LogP contribution in [0.4, 0.5) is 11.4 Å². The summed E-state index contributed by atoms with van der Waals surface area (Å²) in [5, 5.41) is 21.7. The summed E-state index contributed by atoms with van der Waals surface area (Å²) in [5.74, 6) is 0. The summed E-state index contributed by atoms with van der Waals surface area (Å²) in [7, 11) is -4.02. The van der Waals surface area contributed by atoms with Crippen LogP contribution in [0.2, 0.25) is 0 Å². The average molecular weight is 423 g/mol. The van der Waals surface area contributed by atoms with Gasteiger partial charge in [-0.2, -0.15) is 0 Å². The molecule has 9 heteroatoms. The highest BCUT2D eigenvalue weighted by Crippen LogP contribution is 2.27. The normalized spacial score (nSPS) is 12.7. The molecule has 0 heterocycles. The van der Waals surface area contributed by atoms with Gasteiger partial charge in [0, 0.05) is 12.1 Å². The van der Waals surface area contributed by atoms with Crippen LogP contribution in [0.1, 0.15) is 19.4 Å². The van der Waals surface area contributed by atoms with Crippen molar-refractivity contribution in [2.24, 2.45) is 0 Å². The lowest BCUT2D eigenvalue weighted by Crippen LogP contribution is -3.12. The van der Waals surface area contributed by atoms with Crippen LogP contribution in [0.25, 0.3) is 0 Å². The lowest BCUT2D eigenvalue weighted by molar-refractivity contribution is -0.899. The molecule has 2 aromatic rings. The number of aryl methyl sites for hydroxylation is 1. The van der Waals surface area contributed by atoms with E-state index in [0.29, 0.717) is 6.54 Å². The van der Waals surface area contributed by atoms with Gasteiger partial charge >= 0.3 is 0 Å². The maximum Gasteiger partial charge on any atom is 0.271 e. The molecule has 0 spiro atoms. The number of sulfonamides is 1. The molecule has 1 atom stereocenters. The quantitative estimate of drug-likeness (QED) is 0.445. The Kier molecular flexibility index (Phi) is 7.72. The Morgan fingerprint density at radius 1 is 1.14 bits per heavy atom. The van der Waals surface area contributed by atoms with Crippen molar-refractivity contribution in [1.29, 1.82) is 0 Å². The maximum atomic E-state index is 13.3. The molecule has 0 saturated carbocycles. The van der Waals surface area contributed by atoms with Gasteiger partial charge in [0.25, 0.3) is 15.7 Å². The van der Waals surface area contributed by atoms with E-state index < -0.39 is 21.1 Å². The van der Waals surface area contributed by atoms with E-state index in [-0.39, 0.29) is 22.8 Å². The number of non-ortho nitro benzene ring substituents is 1. The van der Waals surface area contributed by atoms with Crippen molar-refractivity contribution in [2.45, 2.75) is 31.8 Å². The number of anilines is 1. The van der Waals surface area contributed by atoms with Crippen LogP contribution in [0, 0.1) is 17.0 Å². The summed E-state index contributed by atoms with van der Waals surface area (Å²) >= 11 is 0. The third kappa shape index (κ3) is 5.75. The molecule has 2 N–H and O–H groups in total. The third-order valence-corrected chi connectivity index (χ3v) is 6.65. The minimum atomic E-state index is -4.02. The first-order valence-electron chi connectivity index (χ1n) is 9.54. The molecule has 158 valence electrons. The van der Waals surface area contributed by atoms with E-state index in [1.54, 1.807) is 12.1 Å². The predicted molar refractivity (Wildman–Crippen MR) is 112 cm³/mol. The molecule has 29 heavy (non-hydrogen) atoms. The molecule has 0 amide bonds. The summed E-state index contributed by atoms with van der Waals surface area (Å²) in [6.07, 6.45) is -0.926. The van der Waals surface area contributed by atoms with Crippen LogP contribution in [0.3, 0.4) is 0 Å². The van der Waals surface area contributed by atoms with Crippen LogP contribution in [0.5, 0.6) is 0 Å². The molecule has 2 rings (SSSR count). The number of nitrogens with one attached hydrogen (secondary N) is 1. The van der Waals surface area contributed by atoms with Gasteiger partial charge in [-0.15, -0.1) is 0 Å². The molecule has 0 saturated heterocycles. The maximum absolute atomic E-state index is 13.3. The van der Waals surface area contributed by atoms with Gasteiger partial charge in [-0.05, 0) is 39.0 Å². The van der Waals surface area contributed by atoms with Gasteiger partial charge < -0.3 is 10.0 Å². The number of nitro groups is 1. The first-order valence-corrected chi connectivity index (χ1v) is 11.0. The fourth-order valence-electron chi connectivity index (χ4n) is 3.07. The van der Waals surface area contributed by atoms with Crippen molar-refractivity contribution in [3.05, 3.63) is 64.2 Å². The van der Waals surface area contributed by atoms with E-state index in [2.05, 4.69) is 0 Å². The average Bonchev–Trinajstić information content (AvgIpc) is 2.70. The smallest absolute Gasteiger partial charge is 0.271 e. The summed E-state index contributed by atoms with van der Waals surface area (Å²) in [5.41, 5.74) is 0.847. The lowest BCUT2D eigenvalue weighted by Gasteiger charge is -2.28. The van der Waals surface area contributed by atoms with E-state index in [0.717, 1.165) is 27.9 Å². The molecular weight excluding hydrogens is 394 g/mol. The first kappa shape index (κ1) is 22.8. The zero-order valence-electron chi connectivity index (χ0n) is 16.9. The van der Waals surface area contributed by atoms with Gasteiger partial charge in [0.15, 0.2) is 0 Å². The van der Waals surface area contributed by atoms with Crippen LogP contribution in [-0.4, -0.2) is 50.7 Å². The molecule has 0 radical (unpaired) electrons. The molecule has 0 aliphatic heterocycles. The molecule has 0 aliphatic rings. The molecule has 1 unspecified atom stereocenters. The number of hydrogen-bond donors (Lipinski definition) is 2. The Morgan fingerprint density at radius 2 is 1.76 bits per heavy atom. The Hall–Kier alpha value is -2.49. The molecule has 0 aromatic heterocycles. The monoisotopic (exact) mass is 422 g/mol. The third-order valence-electron chi connectivity index (χ3n) is 4.84. The summed E-state index contributed by atoms with van der Waals surface area (Å²) in [6.45, 7) is 7.62. The Morgan fingerprint density at radius 3 is 2.31 bits per heavy atom. The predicted octanol–water partition coefficient (Wildman–Crippen LogP) is 1.38. The molecule has 0 bridgehead atoms. The highest BCUT2D eigenvalue weighted by atomic mass is 32.2. The van der Waals surface area contributed by atoms with Gasteiger partial charge in [-0.25, -0.2) is 8.42 Å². The minimum absolute atomic E-state index is 0.0667. The van der Waals surface area contributed by atoms with Gasteiger partial charge in [-0.1, -0.05) is 23.8 Å². The molecule has 0 fully saturated rings. The second-order valence-electron chi connectivity index (χ2n) is 6.94. The van der Waals surface area contributed by atoms with Gasteiger partial charge in [0.05, 0.1) is 35.1 Å². The summed E-state index contributed by atoms with van der Waals surface area (Å²) < 4.78 is 27.7. The number of aliphatic hydroxyl groups excluding tert-OH is 1. The van der Waals surface area contributed by atoms with Gasteiger partial charge in [0.2, 0.25) is 0 Å². The number of benzene rings is 2. The fraction of sp³-hybridized carbons (Fsp3) is 0.400. The van der Waals surface area contributed by atoms with Crippen molar-refractivity contribution in [1.82, 2.24) is 0 Å². The topological polar surface area (TPSA) is 105 Å². The van der Waals surface area contributed by atoms with E-state index in [9.17, 15) is 23.6 Å². The van der Waals surface area contributed by atoms with E-state index in [4.69, 9.17) is 0 Å². The van der Waals surface area contributed by atoms with Crippen LogP contribution < -0.4 is 9.21 Å². The molecule has 8 nitrogen and oxygen atoms in total. The fourth-order valence-corrected chi connectivity index (χ4v) is 4.56. The molecule has 0 aliphatic carbocycles. The highest BCUT2D eigenvalue weighted by Gasteiger charge is 2.29. The van der Waals surface area contributed by atoms with Crippen molar-refractivity contribution >= 4 is 21.4 Å². The zero-order chi connectivity index (χ0) is 21.6. The summed E-state index contributed by atoms with van der Waals surface area (Å²) in [6, 6.07) is 11.8. The number of rotatable bonds is 10. The Bertz CT molecular complexity index is 927. The number of nitrogens with zero attached hydrogens (tertiary/aromatic N) is 2. The number of likely N-dealkylation sites (N-methyl/N-ethyl adjacent to an activating group) is 1. The van der Waals surface area contributed by atoms with Crippen LogP contribution in [-0.2, 0) is 10.0 Å². The number of nitro benzene ring substituents is 1. The second-order valence-corrected chi connectivity index (χ2v) is 8.80. The van der Waals surface area contributed by atoms with Crippen molar-refractivity contribution in [3.8, 4) is 0 Å². The molecule has 2 aromatic carbocycles. The minimum Gasteiger partial charge on any atom is -0.385 e. The van der Waals surface area contributed by atoms with Crippen LogP contribution >= 0.6 is 0 Å². The van der Waals surface area contributed by atoms with Gasteiger partial charge in [-0.3, -0.25) is 14.4 Å². The van der Waals surface area contributed by atoms with Crippen molar-refractivity contribution in [2.75, 3.05) is 30.5 Å². The second kappa shape index (κ2) is 9.82. The lowest BCUT2D eigenvalue weighted by atomic mass is 10.2. The van der Waals surface area contributed by atoms with E-state index in [1.807, 2.05) is 20.8 Å². The largest absolute Gasteiger partial charge is 0.385 e. The van der Waals surface area contributed by atoms with E-state index >= 15 is 0 Å². The van der Waals surface area contributed by atoms with E-state index in [1.165, 1.54) is 36.4 Å². The van der Waals surface area contributed by atoms with Gasteiger partial charge in [0.1, 0.15) is 12.6 Å². The SMILES string of the molecule is CC[NH+](CC)CC(O)CN(c1cccc([N+](=O)[O-])c1)S(=O)(=O)c1ccc(C)cc1. The number of hydrogen-bond acceptors (Lipinski definition) is 5. The Labute approximate surface area is 171 Å². The Balaban J connectivity index is 2.46. The standard InChI is InChI=1S/C20H27N3O5S/c1-4-21(5-2)14-19(24)15-22(17-7-6-8-18(13-17)23(25)26)29(27,28)20-11-9-16(3)10-12-20/h6-13,19,24H,4-5,14-15H2,1-3H3/p+1. The van der Waals surface area contributed by atoms with Crippen LogP contribution in [0.15, 0.2) is 53.4 Å². The number of quaternary nitrogens is 1. The molecular formula is C20H28N3O5S+. The van der Waals surface area contributed by atoms with Crippen molar-refractivity contribution in [3.63, 3.8) is 0 Å². The van der Waals surface area contributed by atoms with Crippen molar-refractivity contribution < 1.29 is 23.3 Å². The zero-order valence-corrected chi connectivity index (χ0v) is 17.7.